The first-order valence-electron chi connectivity index (χ1n) is 11.4. The van der Waals surface area contributed by atoms with Gasteiger partial charge < -0.3 is 14.7 Å². The molecule has 2 aliphatic rings. The van der Waals surface area contributed by atoms with E-state index in [0.29, 0.717) is 40.9 Å². The van der Waals surface area contributed by atoms with E-state index in [9.17, 15) is 23.1 Å². The van der Waals surface area contributed by atoms with Crippen LogP contribution in [0, 0.1) is 0 Å². The number of hydrogen-bond donors (Lipinski definition) is 1. The fourth-order valence-electron chi connectivity index (χ4n) is 4.70. The number of pyridine rings is 1. The number of nitrogens with zero attached hydrogens (tertiary/aromatic N) is 3. The van der Waals surface area contributed by atoms with Crippen LogP contribution in [0.4, 0.5) is 0 Å². The number of carbonyl (C=O) groups excluding carboxylic acids is 2. The quantitative estimate of drug-likeness (QED) is 0.457. The van der Waals surface area contributed by atoms with Crippen LogP contribution in [0.2, 0.25) is 0 Å². The average Bonchev–Trinajstić information content (AvgIpc) is 3.14. The van der Waals surface area contributed by atoms with Crippen LogP contribution in [-0.4, -0.2) is 71.6 Å². The van der Waals surface area contributed by atoms with Gasteiger partial charge in [-0.05, 0) is 56.0 Å². The molecule has 0 aliphatic carbocycles. The first kappa shape index (κ1) is 25.0. The van der Waals surface area contributed by atoms with Gasteiger partial charge in [0, 0.05) is 23.5 Å². The van der Waals surface area contributed by atoms with Crippen molar-refractivity contribution in [3.63, 3.8) is 0 Å². The summed E-state index contributed by atoms with van der Waals surface area (Å²) in [4.78, 5) is 30.3. The molecule has 0 radical (unpaired) electrons. The third-order valence-corrected chi connectivity index (χ3v) is 7.89. The normalized spacial score (nSPS) is 19.7. The zero-order chi connectivity index (χ0) is 25.5. The van der Waals surface area contributed by atoms with Crippen LogP contribution in [0.5, 0.6) is 0 Å². The van der Waals surface area contributed by atoms with Crippen LogP contribution >= 0.6 is 0 Å². The van der Waals surface area contributed by atoms with E-state index in [-0.39, 0.29) is 25.7 Å². The number of aromatic nitrogens is 1. The first-order valence-corrected chi connectivity index (χ1v) is 13.2. The van der Waals surface area contributed by atoms with Crippen molar-refractivity contribution in [2.24, 2.45) is 0 Å². The molecular weight excluding hydrogens is 470 g/mol. The van der Waals surface area contributed by atoms with E-state index in [1.165, 1.54) is 15.5 Å². The molecule has 3 heterocycles. The zero-order valence-corrected chi connectivity index (χ0v) is 21.0. The molecule has 1 aromatic carbocycles. The summed E-state index contributed by atoms with van der Waals surface area (Å²) in [5.41, 5.74) is 4.59. The lowest BCUT2D eigenvalue weighted by atomic mass is 9.96. The lowest BCUT2D eigenvalue weighted by Crippen LogP contribution is -2.37. The number of benzene rings is 1. The molecule has 10 heteroatoms. The van der Waals surface area contributed by atoms with Crippen LogP contribution in [0.1, 0.15) is 37.6 Å². The molecule has 186 valence electrons. The molecule has 0 fully saturated rings. The Morgan fingerprint density at radius 3 is 2.69 bits per heavy atom. The maximum absolute atomic E-state index is 12.3. The van der Waals surface area contributed by atoms with E-state index in [1.807, 2.05) is 38.1 Å². The van der Waals surface area contributed by atoms with E-state index >= 15 is 0 Å². The lowest BCUT2D eigenvalue weighted by Gasteiger charge is -2.24. The standard InChI is InChI=1S/C25H29N3O6S/c1-15(2)28(35(4,32)33)10-9-17-18-7-5-6-8-21(18)26-23-20(17)12-27(14-29)22(23)11-19-16(3)13-34-25(31)24(19)30/h5-8,11,14-15,24,30H,9-10,12-13H2,1-4H3/b22-11-. The summed E-state index contributed by atoms with van der Waals surface area (Å²) in [5, 5.41) is 11.3. The molecule has 0 spiro atoms. The largest absolute Gasteiger partial charge is 0.459 e. The number of fused-ring (bicyclic) bond motifs is 2. The Labute approximate surface area is 204 Å². The maximum atomic E-state index is 12.3. The highest BCUT2D eigenvalue weighted by atomic mass is 32.2. The van der Waals surface area contributed by atoms with Gasteiger partial charge in [0.15, 0.2) is 6.10 Å². The molecule has 1 atom stereocenters. The molecule has 1 unspecified atom stereocenters. The summed E-state index contributed by atoms with van der Waals surface area (Å²) in [6.07, 6.45) is 2.52. The second-order valence-corrected chi connectivity index (χ2v) is 11.1. The van der Waals surface area contributed by atoms with Crippen molar-refractivity contribution in [3.05, 3.63) is 58.3 Å². The van der Waals surface area contributed by atoms with Crippen molar-refractivity contribution in [1.29, 1.82) is 0 Å². The number of ether oxygens (including phenoxy) is 1. The van der Waals surface area contributed by atoms with E-state index in [4.69, 9.17) is 9.72 Å². The predicted molar refractivity (Wildman–Crippen MR) is 131 cm³/mol. The number of cyclic esters (lactones) is 1. The first-order chi connectivity index (χ1) is 16.5. The molecule has 4 rings (SSSR count). The number of hydrogen-bond acceptors (Lipinski definition) is 7. The summed E-state index contributed by atoms with van der Waals surface area (Å²) in [6, 6.07) is 7.38. The topological polar surface area (TPSA) is 117 Å². The van der Waals surface area contributed by atoms with Gasteiger partial charge in [0.2, 0.25) is 16.4 Å². The van der Waals surface area contributed by atoms with E-state index in [0.717, 1.165) is 16.5 Å². The number of esters is 1. The molecular formula is C25H29N3O6S. The maximum Gasteiger partial charge on any atom is 0.339 e. The number of aliphatic hydroxyl groups excluding tert-OH is 1. The minimum absolute atomic E-state index is 0.0654. The molecule has 1 aromatic heterocycles. The van der Waals surface area contributed by atoms with Gasteiger partial charge in [-0.1, -0.05) is 18.2 Å². The van der Waals surface area contributed by atoms with Gasteiger partial charge in [0.05, 0.1) is 29.7 Å². The molecule has 0 saturated heterocycles. The summed E-state index contributed by atoms with van der Waals surface area (Å²) >= 11 is 0. The van der Waals surface area contributed by atoms with Gasteiger partial charge in [-0.3, -0.25) is 4.79 Å². The molecule has 1 N–H and O–H groups in total. The predicted octanol–water partition coefficient (Wildman–Crippen LogP) is 1.99. The van der Waals surface area contributed by atoms with Crippen LogP contribution in [0.3, 0.4) is 0 Å². The molecule has 2 aliphatic heterocycles. The second-order valence-electron chi connectivity index (χ2n) is 9.16. The van der Waals surface area contributed by atoms with Gasteiger partial charge in [-0.2, -0.15) is 4.31 Å². The van der Waals surface area contributed by atoms with Crippen LogP contribution in [0.15, 0.2) is 41.5 Å². The molecule has 0 saturated carbocycles. The second kappa shape index (κ2) is 9.52. The summed E-state index contributed by atoms with van der Waals surface area (Å²) in [6.45, 7) is 6.03. The fraction of sp³-hybridized carbons (Fsp3) is 0.400. The third-order valence-electron chi connectivity index (χ3n) is 6.44. The Bertz CT molecular complexity index is 1360. The Morgan fingerprint density at radius 1 is 1.31 bits per heavy atom. The summed E-state index contributed by atoms with van der Waals surface area (Å²) in [5.74, 6) is -0.736. The monoisotopic (exact) mass is 499 g/mol. The number of rotatable bonds is 7. The van der Waals surface area contributed by atoms with Crippen molar-refractivity contribution in [3.8, 4) is 0 Å². The van der Waals surface area contributed by atoms with Crippen LogP contribution in [-0.2, 0) is 37.3 Å². The zero-order valence-electron chi connectivity index (χ0n) is 20.2. The van der Waals surface area contributed by atoms with E-state index in [1.54, 1.807) is 13.0 Å². The van der Waals surface area contributed by atoms with E-state index in [2.05, 4.69) is 0 Å². The molecule has 1 amide bonds. The number of amides is 1. The highest BCUT2D eigenvalue weighted by molar-refractivity contribution is 7.88. The molecule has 35 heavy (non-hydrogen) atoms. The van der Waals surface area contributed by atoms with Crippen molar-refractivity contribution < 1.29 is 27.9 Å². The Hall–Kier alpha value is -3.08. The van der Waals surface area contributed by atoms with Gasteiger partial charge in [0.1, 0.15) is 6.61 Å². The average molecular weight is 500 g/mol. The lowest BCUT2D eigenvalue weighted by molar-refractivity contribution is -0.151. The van der Waals surface area contributed by atoms with Gasteiger partial charge in [-0.25, -0.2) is 18.2 Å². The molecule has 9 nitrogen and oxygen atoms in total. The SMILES string of the molecule is CC1=C(/C=C2/c3nc4ccccc4c(CCN(C(C)C)S(C)(=O)=O)c3CN2C=O)C(O)C(=O)OC1. The Kier molecular flexibility index (Phi) is 6.81. The fourth-order valence-corrected chi connectivity index (χ4v) is 5.89. The van der Waals surface area contributed by atoms with Crippen molar-refractivity contribution in [1.82, 2.24) is 14.2 Å². The number of sulfonamides is 1. The minimum Gasteiger partial charge on any atom is -0.459 e. The number of para-hydroxylation sites is 1. The minimum atomic E-state index is -3.40. The van der Waals surface area contributed by atoms with Crippen LogP contribution < -0.4 is 0 Å². The van der Waals surface area contributed by atoms with Gasteiger partial charge in [0.25, 0.3) is 0 Å². The number of aliphatic hydroxyl groups is 1. The van der Waals surface area contributed by atoms with Crippen molar-refractivity contribution >= 4 is 39.0 Å². The highest BCUT2D eigenvalue weighted by Crippen LogP contribution is 2.38. The Morgan fingerprint density at radius 2 is 2.03 bits per heavy atom. The van der Waals surface area contributed by atoms with Crippen molar-refractivity contribution in [2.45, 2.75) is 45.9 Å². The number of carbonyl (C=O) groups is 2. The molecule has 2 aromatic rings. The van der Waals surface area contributed by atoms with Gasteiger partial charge in [-0.15, -0.1) is 0 Å². The summed E-state index contributed by atoms with van der Waals surface area (Å²) < 4.78 is 31.1. The highest BCUT2D eigenvalue weighted by Gasteiger charge is 2.33. The smallest absolute Gasteiger partial charge is 0.339 e. The molecule has 0 bridgehead atoms. The van der Waals surface area contributed by atoms with E-state index < -0.39 is 22.1 Å². The Balaban J connectivity index is 1.86. The summed E-state index contributed by atoms with van der Waals surface area (Å²) in [7, 11) is -3.40. The third kappa shape index (κ3) is 4.73. The van der Waals surface area contributed by atoms with Crippen molar-refractivity contribution in [2.75, 3.05) is 19.4 Å². The van der Waals surface area contributed by atoms with Gasteiger partial charge >= 0.3 is 5.97 Å². The van der Waals surface area contributed by atoms with Crippen LogP contribution in [0.25, 0.3) is 16.6 Å².